The number of methoxy groups -OCH3 is 1. The lowest BCUT2D eigenvalue weighted by Gasteiger charge is -2.17. The quantitative estimate of drug-likeness (QED) is 0.401. The van der Waals surface area contributed by atoms with Crippen molar-refractivity contribution in [3.05, 3.63) is 48.5 Å². The first-order valence-corrected chi connectivity index (χ1v) is 11.2. The van der Waals surface area contributed by atoms with Crippen LogP contribution in [0.1, 0.15) is 6.92 Å². The monoisotopic (exact) mass is 439 g/mol. The predicted octanol–water partition coefficient (Wildman–Crippen LogP) is 4.25. The first-order chi connectivity index (χ1) is 14.6. The number of rotatable bonds is 7. The predicted molar refractivity (Wildman–Crippen MR) is 121 cm³/mol. The minimum atomic E-state index is -0.00412. The van der Waals surface area contributed by atoms with Crippen LogP contribution < -0.4 is 9.64 Å². The Kier molecular flexibility index (Phi) is 6.01. The lowest BCUT2D eigenvalue weighted by Crippen LogP contribution is -2.32. The van der Waals surface area contributed by atoms with E-state index in [9.17, 15) is 4.79 Å². The lowest BCUT2D eigenvalue weighted by atomic mass is 10.2. The topological polar surface area (TPSA) is 73.1 Å². The number of ether oxygens (including phenoxy) is 1. The van der Waals surface area contributed by atoms with Crippen LogP contribution in [0, 0.1) is 0 Å². The summed E-state index contributed by atoms with van der Waals surface area (Å²) in [5, 5.41) is 9.96. The van der Waals surface area contributed by atoms with Crippen molar-refractivity contribution >= 4 is 44.4 Å². The van der Waals surface area contributed by atoms with E-state index in [-0.39, 0.29) is 11.7 Å². The van der Waals surface area contributed by atoms with E-state index in [0.29, 0.717) is 11.7 Å². The van der Waals surface area contributed by atoms with Gasteiger partial charge in [-0.2, -0.15) is 0 Å². The molecule has 2 heterocycles. The molecule has 2 aromatic carbocycles. The largest absolute Gasteiger partial charge is 0.497 e. The Hall–Kier alpha value is -2.91. The highest BCUT2D eigenvalue weighted by Gasteiger charge is 2.20. The molecule has 4 aromatic rings. The zero-order chi connectivity index (χ0) is 21.1. The van der Waals surface area contributed by atoms with Crippen LogP contribution in [0.5, 0.6) is 5.75 Å². The van der Waals surface area contributed by atoms with Crippen LogP contribution in [0.4, 0.5) is 5.13 Å². The van der Waals surface area contributed by atoms with Gasteiger partial charge in [0.25, 0.3) is 0 Å². The standard InChI is InChI=1S/C21H21N5O2S2/c1-4-26(20-22-16-7-5-6-8-17(16)30-20)18(27)13-29-21-24-23-19(25(21)2)14-9-11-15(28-3)12-10-14/h5-12H,4,13H2,1-3H3. The van der Waals surface area contributed by atoms with Crippen LogP contribution in [-0.4, -0.2) is 45.1 Å². The van der Waals surface area contributed by atoms with Gasteiger partial charge in [-0.25, -0.2) is 4.98 Å². The Balaban J connectivity index is 1.47. The van der Waals surface area contributed by atoms with Crippen molar-refractivity contribution < 1.29 is 9.53 Å². The number of carbonyl (C=O) groups is 1. The van der Waals surface area contributed by atoms with Gasteiger partial charge in [0.15, 0.2) is 16.1 Å². The highest BCUT2D eigenvalue weighted by molar-refractivity contribution is 7.99. The maximum atomic E-state index is 12.9. The zero-order valence-corrected chi connectivity index (χ0v) is 18.5. The molecular formula is C21H21N5O2S2. The maximum Gasteiger partial charge on any atom is 0.239 e. The third kappa shape index (κ3) is 4.03. The summed E-state index contributed by atoms with van der Waals surface area (Å²) in [5.41, 5.74) is 1.85. The van der Waals surface area contributed by atoms with Gasteiger partial charge in [0.05, 0.1) is 23.1 Å². The number of thiazole rings is 1. The molecule has 9 heteroatoms. The first kappa shape index (κ1) is 20.4. The number of para-hydroxylation sites is 1. The number of hydrogen-bond acceptors (Lipinski definition) is 7. The fourth-order valence-corrected chi connectivity index (χ4v) is 4.86. The van der Waals surface area contributed by atoms with Crippen molar-refractivity contribution in [3.8, 4) is 17.1 Å². The summed E-state index contributed by atoms with van der Waals surface area (Å²) in [7, 11) is 3.54. The number of anilines is 1. The van der Waals surface area contributed by atoms with Crippen LogP contribution in [0.2, 0.25) is 0 Å². The number of amides is 1. The summed E-state index contributed by atoms with van der Waals surface area (Å²) >= 11 is 2.90. The van der Waals surface area contributed by atoms with E-state index in [1.54, 1.807) is 12.0 Å². The summed E-state index contributed by atoms with van der Waals surface area (Å²) in [6.45, 7) is 2.52. The van der Waals surface area contributed by atoms with Crippen LogP contribution in [0.3, 0.4) is 0 Å². The summed E-state index contributed by atoms with van der Waals surface area (Å²) in [4.78, 5) is 19.2. The molecule has 2 aromatic heterocycles. The van der Waals surface area contributed by atoms with E-state index in [1.165, 1.54) is 23.1 Å². The molecule has 0 fully saturated rings. The molecule has 0 saturated heterocycles. The molecule has 30 heavy (non-hydrogen) atoms. The Labute approximate surface area is 182 Å². The van der Waals surface area contributed by atoms with Gasteiger partial charge in [-0.15, -0.1) is 10.2 Å². The van der Waals surface area contributed by atoms with Gasteiger partial charge in [-0.3, -0.25) is 9.69 Å². The third-order valence-electron chi connectivity index (χ3n) is 4.64. The fraction of sp³-hybridized carbons (Fsp3) is 0.238. The van der Waals surface area contributed by atoms with Gasteiger partial charge in [0, 0.05) is 19.2 Å². The van der Waals surface area contributed by atoms with E-state index >= 15 is 0 Å². The number of thioether (sulfide) groups is 1. The van der Waals surface area contributed by atoms with Crippen LogP contribution in [-0.2, 0) is 11.8 Å². The number of aromatic nitrogens is 4. The summed E-state index contributed by atoms with van der Waals surface area (Å²) < 4.78 is 8.17. The van der Waals surface area contributed by atoms with Crippen LogP contribution in [0.15, 0.2) is 53.7 Å². The molecule has 0 bridgehead atoms. The second-order valence-corrected chi connectivity index (χ2v) is 8.44. The smallest absolute Gasteiger partial charge is 0.239 e. The number of nitrogens with zero attached hydrogens (tertiary/aromatic N) is 5. The van der Waals surface area contributed by atoms with Gasteiger partial charge >= 0.3 is 0 Å². The fourth-order valence-electron chi connectivity index (χ4n) is 3.03. The second kappa shape index (κ2) is 8.85. The minimum absolute atomic E-state index is 0.00412. The van der Waals surface area contributed by atoms with Crippen molar-refractivity contribution in [2.24, 2.45) is 7.05 Å². The van der Waals surface area contributed by atoms with Crippen LogP contribution >= 0.6 is 23.1 Å². The molecule has 7 nitrogen and oxygen atoms in total. The number of fused-ring (bicyclic) bond motifs is 1. The number of hydrogen-bond donors (Lipinski definition) is 0. The molecule has 0 aliphatic rings. The minimum Gasteiger partial charge on any atom is -0.497 e. The van der Waals surface area contributed by atoms with Gasteiger partial charge in [-0.1, -0.05) is 35.2 Å². The number of benzene rings is 2. The van der Waals surface area contributed by atoms with E-state index in [4.69, 9.17) is 4.74 Å². The highest BCUT2D eigenvalue weighted by atomic mass is 32.2. The van der Waals surface area contributed by atoms with Crippen molar-refractivity contribution in [2.45, 2.75) is 12.1 Å². The van der Waals surface area contributed by atoms with Gasteiger partial charge < -0.3 is 9.30 Å². The Morgan fingerprint density at radius 3 is 2.63 bits per heavy atom. The van der Waals surface area contributed by atoms with E-state index in [0.717, 1.165) is 32.5 Å². The molecule has 0 saturated carbocycles. The van der Waals surface area contributed by atoms with E-state index in [1.807, 2.05) is 67.1 Å². The van der Waals surface area contributed by atoms with E-state index < -0.39 is 0 Å². The normalized spacial score (nSPS) is 11.0. The lowest BCUT2D eigenvalue weighted by molar-refractivity contribution is -0.116. The summed E-state index contributed by atoms with van der Waals surface area (Å²) in [5.74, 6) is 1.79. The van der Waals surface area contributed by atoms with Crippen molar-refractivity contribution in [3.63, 3.8) is 0 Å². The Bertz CT molecular complexity index is 1140. The molecule has 0 atom stereocenters. The molecule has 0 unspecified atom stereocenters. The molecule has 0 radical (unpaired) electrons. The van der Waals surface area contributed by atoms with Gasteiger partial charge in [0.1, 0.15) is 5.75 Å². The van der Waals surface area contributed by atoms with E-state index in [2.05, 4.69) is 15.2 Å². The molecule has 0 N–H and O–H groups in total. The van der Waals surface area contributed by atoms with Crippen molar-refractivity contribution in [1.82, 2.24) is 19.7 Å². The average Bonchev–Trinajstić information content (AvgIpc) is 3.36. The number of carbonyl (C=O) groups excluding carboxylic acids is 1. The third-order valence-corrected chi connectivity index (χ3v) is 6.70. The van der Waals surface area contributed by atoms with Crippen molar-refractivity contribution in [1.29, 1.82) is 0 Å². The Morgan fingerprint density at radius 1 is 1.17 bits per heavy atom. The molecule has 0 spiro atoms. The average molecular weight is 440 g/mol. The maximum absolute atomic E-state index is 12.9. The van der Waals surface area contributed by atoms with Crippen LogP contribution in [0.25, 0.3) is 21.6 Å². The SMILES string of the molecule is CCN(C(=O)CSc1nnc(-c2ccc(OC)cc2)n1C)c1nc2ccccc2s1. The molecule has 0 aliphatic carbocycles. The second-order valence-electron chi connectivity index (χ2n) is 6.48. The molecule has 0 aliphatic heterocycles. The first-order valence-electron chi connectivity index (χ1n) is 9.43. The highest BCUT2D eigenvalue weighted by Crippen LogP contribution is 2.30. The van der Waals surface area contributed by atoms with Gasteiger partial charge in [-0.05, 0) is 43.3 Å². The summed E-state index contributed by atoms with van der Waals surface area (Å²) in [6, 6.07) is 15.6. The van der Waals surface area contributed by atoms with Crippen molar-refractivity contribution in [2.75, 3.05) is 24.3 Å². The summed E-state index contributed by atoms with van der Waals surface area (Å²) in [6.07, 6.45) is 0. The zero-order valence-electron chi connectivity index (χ0n) is 16.9. The van der Waals surface area contributed by atoms with Gasteiger partial charge in [0.2, 0.25) is 5.91 Å². The molecule has 154 valence electrons. The molecular weight excluding hydrogens is 418 g/mol. The molecule has 4 rings (SSSR count). The molecule has 1 amide bonds. The Morgan fingerprint density at radius 2 is 1.93 bits per heavy atom.